The summed E-state index contributed by atoms with van der Waals surface area (Å²) in [6.45, 7) is 3.67. The molecule has 0 bridgehead atoms. The maximum Gasteiger partial charge on any atom is 0.0466 e. The van der Waals surface area contributed by atoms with Gasteiger partial charge in [0.15, 0.2) is 0 Å². The quantitative estimate of drug-likeness (QED) is 0.392. The van der Waals surface area contributed by atoms with Crippen LogP contribution in [0, 0.1) is 0 Å². The summed E-state index contributed by atoms with van der Waals surface area (Å²) in [5, 5.41) is 1.89. The Morgan fingerprint density at radius 3 is 2.39 bits per heavy atom. The molecule has 1 rings (SSSR count). The lowest BCUT2D eigenvalue weighted by atomic mass is 9.80. The van der Waals surface area contributed by atoms with Gasteiger partial charge in [0, 0.05) is 33.8 Å². The molecule has 0 unspecified atom stereocenters. The third kappa shape index (κ3) is 4.32. The number of benzene rings is 1. The maximum absolute atomic E-state index is 5.44. The van der Waals surface area contributed by atoms with E-state index in [-0.39, 0.29) is 5.41 Å². The molecule has 4 heteroatoms. The first-order chi connectivity index (χ1) is 8.70. The number of hydrogen-bond acceptors (Lipinski definition) is 1. The van der Waals surface area contributed by atoms with Gasteiger partial charge >= 0.3 is 0 Å². The smallest absolute Gasteiger partial charge is 0.0466 e. The molecule has 0 radical (unpaired) electrons. The average molecular weight is 443 g/mol. The van der Waals surface area contributed by atoms with Gasteiger partial charge in [-0.25, -0.2) is 0 Å². The van der Waals surface area contributed by atoms with E-state index in [4.69, 9.17) is 4.74 Å². The lowest BCUT2D eigenvalue weighted by Gasteiger charge is -2.31. The molecule has 0 fully saturated rings. The number of alkyl halides is 2. The highest BCUT2D eigenvalue weighted by Gasteiger charge is 2.31. The van der Waals surface area contributed by atoms with Crippen molar-refractivity contribution in [2.75, 3.05) is 23.9 Å². The Hall–Kier alpha value is 0.620. The highest BCUT2D eigenvalue weighted by molar-refractivity contribution is 9.10. The van der Waals surface area contributed by atoms with E-state index in [1.54, 1.807) is 0 Å². The van der Waals surface area contributed by atoms with Crippen molar-refractivity contribution < 1.29 is 4.74 Å². The van der Waals surface area contributed by atoms with Gasteiger partial charge in [-0.05, 0) is 31.4 Å². The summed E-state index contributed by atoms with van der Waals surface area (Å²) < 4.78 is 6.62. The molecular formula is C14H19Br3O. The topological polar surface area (TPSA) is 9.23 Å². The zero-order valence-corrected chi connectivity index (χ0v) is 15.4. The van der Waals surface area contributed by atoms with Crippen molar-refractivity contribution in [3.8, 4) is 0 Å². The van der Waals surface area contributed by atoms with Crippen molar-refractivity contribution in [1.29, 1.82) is 0 Å². The Balaban J connectivity index is 2.83. The summed E-state index contributed by atoms with van der Waals surface area (Å²) in [4.78, 5) is 0. The molecule has 0 aliphatic heterocycles. The first kappa shape index (κ1) is 16.7. The lowest BCUT2D eigenvalue weighted by Crippen LogP contribution is -2.31. The molecule has 0 amide bonds. The van der Waals surface area contributed by atoms with Gasteiger partial charge in [-0.3, -0.25) is 0 Å². The Labute approximate surface area is 135 Å². The number of ether oxygens (including phenoxy) is 1. The minimum absolute atomic E-state index is 0.122. The number of rotatable bonds is 8. The molecule has 0 aliphatic carbocycles. The van der Waals surface area contributed by atoms with Crippen molar-refractivity contribution >= 4 is 47.8 Å². The van der Waals surface area contributed by atoms with Gasteiger partial charge in [-0.2, -0.15) is 0 Å². The standard InChI is InChI=1S/C14H19Br3O/c1-2-18-9-5-8-14(10-15,11-16)12-6-3-4-7-13(12)17/h3-4,6-7H,2,5,8-11H2,1H3. The van der Waals surface area contributed by atoms with Crippen LogP contribution in [0.25, 0.3) is 0 Å². The van der Waals surface area contributed by atoms with Crippen molar-refractivity contribution in [2.24, 2.45) is 0 Å². The molecule has 1 aromatic rings. The summed E-state index contributed by atoms with van der Waals surface area (Å²) in [6, 6.07) is 8.47. The van der Waals surface area contributed by atoms with E-state index >= 15 is 0 Å². The van der Waals surface area contributed by atoms with Crippen LogP contribution >= 0.6 is 47.8 Å². The minimum Gasteiger partial charge on any atom is -0.382 e. The lowest BCUT2D eigenvalue weighted by molar-refractivity contribution is 0.139. The van der Waals surface area contributed by atoms with Crippen molar-refractivity contribution in [3.63, 3.8) is 0 Å². The number of hydrogen-bond donors (Lipinski definition) is 0. The molecule has 18 heavy (non-hydrogen) atoms. The normalized spacial score (nSPS) is 11.8. The molecule has 1 aromatic carbocycles. The third-order valence-corrected chi connectivity index (χ3v) is 5.94. The first-order valence-corrected chi connectivity index (χ1v) is 9.18. The maximum atomic E-state index is 5.44. The minimum atomic E-state index is 0.122. The first-order valence-electron chi connectivity index (χ1n) is 6.15. The molecule has 0 spiro atoms. The fourth-order valence-electron chi connectivity index (χ4n) is 2.00. The summed E-state index contributed by atoms with van der Waals surface area (Å²) in [5.41, 5.74) is 1.48. The van der Waals surface area contributed by atoms with Gasteiger partial charge < -0.3 is 4.74 Å². The summed E-state index contributed by atoms with van der Waals surface area (Å²) in [5.74, 6) is 0. The van der Waals surface area contributed by atoms with E-state index < -0.39 is 0 Å². The zero-order chi connectivity index (χ0) is 13.4. The van der Waals surface area contributed by atoms with Crippen molar-refractivity contribution in [1.82, 2.24) is 0 Å². The molecule has 0 saturated carbocycles. The van der Waals surface area contributed by atoms with E-state index in [1.165, 1.54) is 10.0 Å². The van der Waals surface area contributed by atoms with Gasteiger partial charge in [0.25, 0.3) is 0 Å². The van der Waals surface area contributed by atoms with Crippen LogP contribution in [0.5, 0.6) is 0 Å². The molecule has 0 N–H and O–H groups in total. The van der Waals surface area contributed by atoms with Crippen molar-refractivity contribution in [3.05, 3.63) is 34.3 Å². The van der Waals surface area contributed by atoms with E-state index in [2.05, 4.69) is 72.1 Å². The fourth-order valence-corrected chi connectivity index (χ4v) is 4.79. The molecular weight excluding hydrogens is 424 g/mol. The van der Waals surface area contributed by atoms with Crippen LogP contribution in [0.4, 0.5) is 0 Å². The number of halogens is 3. The molecule has 0 atom stereocenters. The van der Waals surface area contributed by atoms with Crippen LogP contribution in [-0.4, -0.2) is 23.9 Å². The molecule has 0 heterocycles. The van der Waals surface area contributed by atoms with Crippen LogP contribution in [-0.2, 0) is 10.2 Å². The second kappa shape index (κ2) is 8.72. The highest BCUT2D eigenvalue weighted by Crippen LogP contribution is 2.37. The Morgan fingerprint density at radius 2 is 1.83 bits per heavy atom. The van der Waals surface area contributed by atoms with Gasteiger partial charge in [0.2, 0.25) is 0 Å². The molecule has 0 saturated heterocycles. The molecule has 0 aromatic heterocycles. The van der Waals surface area contributed by atoms with Crippen molar-refractivity contribution in [2.45, 2.75) is 25.2 Å². The van der Waals surface area contributed by atoms with E-state index in [1.807, 2.05) is 6.92 Å². The Kier molecular flexibility index (Phi) is 8.08. The third-order valence-electron chi connectivity index (χ3n) is 3.10. The molecule has 1 nitrogen and oxygen atoms in total. The van der Waals surface area contributed by atoms with Gasteiger partial charge in [-0.15, -0.1) is 0 Å². The summed E-state index contributed by atoms with van der Waals surface area (Å²) in [7, 11) is 0. The fraction of sp³-hybridized carbons (Fsp3) is 0.571. The van der Waals surface area contributed by atoms with E-state index in [0.717, 1.165) is 36.7 Å². The second-order valence-electron chi connectivity index (χ2n) is 4.33. The van der Waals surface area contributed by atoms with Gasteiger partial charge in [0.1, 0.15) is 0 Å². The largest absolute Gasteiger partial charge is 0.382 e. The summed E-state index contributed by atoms with van der Waals surface area (Å²) in [6.07, 6.45) is 2.18. The second-order valence-corrected chi connectivity index (χ2v) is 6.30. The van der Waals surface area contributed by atoms with E-state index in [9.17, 15) is 0 Å². The zero-order valence-electron chi connectivity index (χ0n) is 10.6. The van der Waals surface area contributed by atoms with Crippen LogP contribution < -0.4 is 0 Å². The monoisotopic (exact) mass is 440 g/mol. The Morgan fingerprint density at radius 1 is 1.17 bits per heavy atom. The van der Waals surface area contributed by atoms with Gasteiger partial charge in [0.05, 0.1) is 0 Å². The Bertz CT molecular complexity index is 351. The molecule has 0 aliphatic rings. The average Bonchev–Trinajstić information content (AvgIpc) is 2.41. The van der Waals surface area contributed by atoms with Crippen LogP contribution in [0.3, 0.4) is 0 Å². The summed E-state index contributed by atoms with van der Waals surface area (Å²) >= 11 is 11.0. The van der Waals surface area contributed by atoms with Crippen LogP contribution in [0.15, 0.2) is 28.7 Å². The van der Waals surface area contributed by atoms with Crippen LogP contribution in [0.2, 0.25) is 0 Å². The van der Waals surface area contributed by atoms with Gasteiger partial charge in [-0.1, -0.05) is 66.0 Å². The highest BCUT2D eigenvalue weighted by atomic mass is 79.9. The molecule has 102 valence electrons. The van der Waals surface area contributed by atoms with E-state index in [0.29, 0.717) is 0 Å². The van der Waals surface area contributed by atoms with Crippen LogP contribution in [0.1, 0.15) is 25.3 Å². The SMILES string of the molecule is CCOCCCC(CBr)(CBr)c1ccccc1Br. The predicted octanol–water partition coefficient (Wildman–Crippen LogP) is 5.29. The predicted molar refractivity (Wildman–Crippen MR) is 89.1 cm³/mol.